The molecule has 0 saturated carbocycles. The zero-order valence-electron chi connectivity index (χ0n) is 13.5. The van der Waals surface area contributed by atoms with Crippen molar-refractivity contribution in [2.45, 2.75) is 6.92 Å². The van der Waals surface area contributed by atoms with E-state index in [1.165, 1.54) is 0 Å². The summed E-state index contributed by atoms with van der Waals surface area (Å²) in [5, 5.41) is 2.86. The van der Waals surface area contributed by atoms with Crippen molar-refractivity contribution < 1.29 is 4.79 Å². The topological polar surface area (TPSA) is 61.4 Å². The third-order valence-electron chi connectivity index (χ3n) is 3.96. The van der Waals surface area contributed by atoms with Gasteiger partial charge in [-0.3, -0.25) is 4.79 Å². The summed E-state index contributed by atoms with van der Waals surface area (Å²) in [6, 6.07) is 7.70. The van der Waals surface area contributed by atoms with Gasteiger partial charge in [0.25, 0.3) is 5.91 Å². The lowest BCUT2D eigenvalue weighted by Crippen LogP contribution is -2.45. The van der Waals surface area contributed by atoms with Crippen molar-refractivity contribution in [3.63, 3.8) is 0 Å². The fourth-order valence-electron chi connectivity index (χ4n) is 2.53. The molecule has 0 unspecified atom stereocenters. The van der Waals surface area contributed by atoms with Crippen molar-refractivity contribution in [1.82, 2.24) is 14.9 Å². The third-order valence-corrected chi connectivity index (χ3v) is 3.96. The lowest BCUT2D eigenvalue weighted by Gasteiger charge is -2.32. The first-order valence-electron chi connectivity index (χ1n) is 7.75. The molecular weight excluding hydrogens is 290 g/mol. The molecule has 1 amide bonds. The Kier molecular flexibility index (Phi) is 4.52. The van der Waals surface area contributed by atoms with Crippen LogP contribution in [-0.4, -0.2) is 54.0 Å². The summed E-state index contributed by atoms with van der Waals surface area (Å²) in [5.74, 6) is 0.491. The predicted octanol–water partition coefficient (Wildman–Crippen LogP) is 1.79. The lowest BCUT2D eigenvalue weighted by molar-refractivity contribution is 0.102. The maximum atomic E-state index is 12.2. The molecule has 23 heavy (non-hydrogen) atoms. The number of amides is 1. The molecule has 1 saturated heterocycles. The van der Waals surface area contributed by atoms with Gasteiger partial charge < -0.3 is 15.1 Å². The number of piperazine rings is 1. The highest BCUT2D eigenvalue weighted by Crippen LogP contribution is 2.13. The van der Waals surface area contributed by atoms with Crippen LogP contribution in [0.4, 0.5) is 11.6 Å². The minimum atomic E-state index is -0.194. The minimum Gasteiger partial charge on any atom is -0.338 e. The second-order valence-corrected chi connectivity index (χ2v) is 5.89. The number of benzene rings is 1. The number of carbonyl (C=O) groups excluding carboxylic acids is 1. The van der Waals surface area contributed by atoms with E-state index in [1.807, 2.05) is 31.2 Å². The summed E-state index contributed by atoms with van der Waals surface area (Å²) in [4.78, 5) is 25.3. The Morgan fingerprint density at radius 3 is 2.48 bits per heavy atom. The molecule has 0 atom stereocenters. The van der Waals surface area contributed by atoms with Gasteiger partial charge in [0.15, 0.2) is 0 Å². The van der Waals surface area contributed by atoms with Gasteiger partial charge in [0.2, 0.25) is 5.95 Å². The van der Waals surface area contributed by atoms with E-state index >= 15 is 0 Å². The molecule has 1 aromatic carbocycles. The summed E-state index contributed by atoms with van der Waals surface area (Å²) >= 11 is 0. The molecule has 1 N–H and O–H groups in total. The summed E-state index contributed by atoms with van der Waals surface area (Å²) in [7, 11) is 2.11. The quantitative estimate of drug-likeness (QED) is 0.936. The van der Waals surface area contributed by atoms with E-state index in [4.69, 9.17) is 0 Å². The normalized spacial score (nSPS) is 15.5. The SMILES string of the molecule is Cc1cccc(NC(=O)c2cnc(N3CCN(C)CC3)nc2)c1. The predicted molar refractivity (Wildman–Crippen MR) is 90.9 cm³/mol. The van der Waals surface area contributed by atoms with Crippen LogP contribution in [0.1, 0.15) is 15.9 Å². The Morgan fingerprint density at radius 1 is 1.13 bits per heavy atom. The fourth-order valence-corrected chi connectivity index (χ4v) is 2.53. The van der Waals surface area contributed by atoms with Crippen LogP contribution in [0.15, 0.2) is 36.7 Å². The second-order valence-electron chi connectivity index (χ2n) is 5.89. The van der Waals surface area contributed by atoms with Gasteiger partial charge in [0.1, 0.15) is 0 Å². The van der Waals surface area contributed by atoms with Crippen LogP contribution in [0.5, 0.6) is 0 Å². The van der Waals surface area contributed by atoms with Gasteiger partial charge in [-0.25, -0.2) is 9.97 Å². The zero-order valence-corrected chi connectivity index (χ0v) is 13.5. The standard InChI is InChI=1S/C17H21N5O/c1-13-4-3-5-15(10-13)20-16(23)14-11-18-17(19-12-14)22-8-6-21(2)7-9-22/h3-5,10-12H,6-9H2,1-2H3,(H,20,23). The van der Waals surface area contributed by atoms with Crippen molar-refractivity contribution in [2.24, 2.45) is 0 Å². The van der Waals surface area contributed by atoms with Crippen LogP contribution < -0.4 is 10.2 Å². The van der Waals surface area contributed by atoms with Crippen LogP contribution in [0.25, 0.3) is 0 Å². The van der Waals surface area contributed by atoms with E-state index in [-0.39, 0.29) is 5.91 Å². The number of aryl methyl sites for hydroxylation is 1. The van der Waals surface area contributed by atoms with E-state index in [9.17, 15) is 4.79 Å². The second kappa shape index (κ2) is 6.75. The van der Waals surface area contributed by atoms with E-state index in [1.54, 1.807) is 12.4 Å². The number of hydrogen-bond acceptors (Lipinski definition) is 5. The molecule has 1 fully saturated rings. The summed E-state index contributed by atoms with van der Waals surface area (Å²) in [6.07, 6.45) is 3.18. The first kappa shape index (κ1) is 15.4. The Hall–Kier alpha value is -2.47. The van der Waals surface area contributed by atoms with E-state index < -0.39 is 0 Å². The summed E-state index contributed by atoms with van der Waals surface area (Å²) in [6.45, 7) is 5.80. The molecule has 0 aliphatic carbocycles. The molecule has 0 radical (unpaired) electrons. The van der Waals surface area contributed by atoms with Crippen molar-refractivity contribution >= 4 is 17.5 Å². The highest BCUT2D eigenvalue weighted by atomic mass is 16.1. The van der Waals surface area contributed by atoms with Crippen molar-refractivity contribution in [3.8, 4) is 0 Å². The molecule has 3 rings (SSSR count). The summed E-state index contributed by atoms with van der Waals surface area (Å²) < 4.78 is 0. The van der Waals surface area contributed by atoms with E-state index in [0.29, 0.717) is 11.5 Å². The van der Waals surface area contributed by atoms with Crippen molar-refractivity contribution in [1.29, 1.82) is 0 Å². The molecule has 2 aromatic rings. The minimum absolute atomic E-state index is 0.194. The molecule has 1 aliphatic heterocycles. The first-order chi connectivity index (χ1) is 11.1. The molecular formula is C17H21N5O. The number of rotatable bonds is 3. The highest BCUT2D eigenvalue weighted by Gasteiger charge is 2.17. The molecule has 6 nitrogen and oxygen atoms in total. The largest absolute Gasteiger partial charge is 0.338 e. The average Bonchev–Trinajstić information content (AvgIpc) is 2.56. The smallest absolute Gasteiger partial charge is 0.258 e. The molecule has 0 spiro atoms. The van der Waals surface area contributed by atoms with Crippen LogP contribution in [0.3, 0.4) is 0 Å². The number of nitrogens with one attached hydrogen (secondary N) is 1. The number of nitrogens with zero attached hydrogens (tertiary/aromatic N) is 4. The summed E-state index contributed by atoms with van der Waals surface area (Å²) in [5.41, 5.74) is 2.34. The average molecular weight is 311 g/mol. The number of carbonyl (C=O) groups is 1. The number of likely N-dealkylation sites (N-methyl/N-ethyl adjacent to an activating group) is 1. The van der Waals surface area contributed by atoms with Crippen LogP contribution in [-0.2, 0) is 0 Å². The zero-order chi connectivity index (χ0) is 16.2. The van der Waals surface area contributed by atoms with Gasteiger partial charge in [0, 0.05) is 44.3 Å². The molecule has 2 heterocycles. The van der Waals surface area contributed by atoms with Crippen LogP contribution in [0.2, 0.25) is 0 Å². The van der Waals surface area contributed by atoms with Gasteiger partial charge in [0.05, 0.1) is 5.56 Å². The monoisotopic (exact) mass is 311 g/mol. The third kappa shape index (κ3) is 3.84. The van der Waals surface area contributed by atoms with Gasteiger partial charge in [-0.2, -0.15) is 0 Å². The van der Waals surface area contributed by atoms with E-state index in [2.05, 4.69) is 32.1 Å². The number of hydrogen-bond donors (Lipinski definition) is 1. The highest BCUT2D eigenvalue weighted by molar-refractivity contribution is 6.03. The molecule has 0 bridgehead atoms. The number of aromatic nitrogens is 2. The Labute approximate surface area is 136 Å². The molecule has 1 aliphatic rings. The Balaban J connectivity index is 1.65. The lowest BCUT2D eigenvalue weighted by atomic mass is 10.2. The van der Waals surface area contributed by atoms with E-state index in [0.717, 1.165) is 37.4 Å². The Bertz CT molecular complexity index is 678. The number of anilines is 2. The molecule has 120 valence electrons. The van der Waals surface area contributed by atoms with Crippen molar-refractivity contribution in [2.75, 3.05) is 43.4 Å². The molecule has 6 heteroatoms. The first-order valence-corrected chi connectivity index (χ1v) is 7.75. The van der Waals surface area contributed by atoms with Crippen molar-refractivity contribution in [3.05, 3.63) is 47.8 Å². The van der Waals surface area contributed by atoms with Crippen LogP contribution >= 0.6 is 0 Å². The maximum absolute atomic E-state index is 12.2. The van der Waals surface area contributed by atoms with Gasteiger partial charge >= 0.3 is 0 Å². The molecule has 1 aromatic heterocycles. The van der Waals surface area contributed by atoms with Gasteiger partial charge in [-0.15, -0.1) is 0 Å². The van der Waals surface area contributed by atoms with Gasteiger partial charge in [-0.05, 0) is 31.7 Å². The van der Waals surface area contributed by atoms with Gasteiger partial charge in [-0.1, -0.05) is 12.1 Å². The fraction of sp³-hybridized carbons (Fsp3) is 0.353. The maximum Gasteiger partial charge on any atom is 0.258 e. The van der Waals surface area contributed by atoms with Crippen LogP contribution in [0, 0.1) is 6.92 Å². The Morgan fingerprint density at radius 2 is 1.83 bits per heavy atom.